The predicted molar refractivity (Wildman–Crippen MR) is 78.5 cm³/mol. The summed E-state index contributed by atoms with van der Waals surface area (Å²) in [6.45, 7) is 0. The highest BCUT2D eigenvalue weighted by Crippen LogP contribution is 2.30. The van der Waals surface area contributed by atoms with E-state index in [1.54, 1.807) is 13.2 Å². The first-order valence-corrected chi connectivity index (χ1v) is 7.64. The van der Waals surface area contributed by atoms with Gasteiger partial charge in [-0.1, -0.05) is 36.9 Å². The largest absolute Gasteiger partial charge is 0.390 e. The number of methoxy groups -OCH3 is 1. The molecule has 2 atom stereocenters. The van der Waals surface area contributed by atoms with Crippen molar-refractivity contribution in [3.63, 3.8) is 0 Å². The number of benzene rings is 1. The van der Waals surface area contributed by atoms with E-state index < -0.39 is 11.9 Å². The maximum Gasteiger partial charge on any atom is 0.142 e. The van der Waals surface area contributed by atoms with E-state index in [9.17, 15) is 9.50 Å². The number of aliphatic hydroxyl groups excluding tert-OH is 1. The van der Waals surface area contributed by atoms with Crippen LogP contribution in [-0.4, -0.2) is 24.4 Å². The van der Waals surface area contributed by atoms with E-state index in [0.29, 0.717) is 12.3 Å². The minimum atomic E-state index is -0.608. The van der Waals surface area contributed by atoms with Gasteiger partial charge in [0.05, 0.1) is 17.2 Å². The van der Waals surface area contributed by atoms with Gasteiger partial charge in [0.2, 0.25) is 0 Å². The third-order valence-electron chi connectivity index (χ3n) is 4.19. The van der Waals surface area contributed by atoms with Crippen LogP contribution in [0, 0.1) is 11.7 Å². The molecule has 0 bridgehead atoms. The van der Waals surface area contributed by atoms with Crippen LogP contribution in [0.3, 0.4) is 0 Å². The van der Waals surface area contributed by atoms with Crippen LogP contribution in [0.15, 0.2) is 18.2 Å². The van der Waals surface area contributed by atoms with Crippen LogP contribution in [0.25, 0.3) is 0 Å². The fraction of sp³-hybridized carbons (Fsp3) is 0.625. The molecule has 2 unspecified atom stereocenters. The molecule has 2 nitrogen and oxygen atoms in total. The van der Waals surface area contributed by atoms with Crippen LogP contribution in [0.2, 0.25) is 5.02 Å². The van der Waals surface area contributed by atoms with Gasteiger partial charge in [-0.2, -0.15) is 0 Å². The number of ether oxygens (including phenoxy) is 1. The molecule has 4 heteroatoms. The Balaban J connectivity index is 2.00. The number of rotatable bonds is 5. The van der Waals surface area contributed by atoms with Crippen molar-refractivity contribution in [1.82, 2.24) is 0 Å². The monoisotopic (exact) mass is 300 g/mol. The minimum absolute atomic E-state index is 0.110. The Labute approximate surface area is 124 Å². The Hall–Kier alpha value is -0.640. The number of aliphatic hydroxyl groups is 1. The molecule has 1 aliphatic rings. The Bertz CT molecular complexity index is 432. The molecule has 1 aromatic carbocycles. The Kier molecular flexibility index (Phi) is 5.82. The lowest BCUT2D eigenvalue weighted by molar-refractivity contribution is -0.0535. The quantitative estimate of drug-likeness (QED) is 0.891. The van der Waals surface area contributed by atoms with Crippen LogP contribution in [0.4, 0.5) is 4.39 Å². The average molecular weight is 301 g/mol. The molecule has 0 aliphatic heterocycles. The molecule has 0 amide bonds. The van der Waals surface area contributed by atoms with E-state index in [1.165, 1.54) is 31.4 Å². The summed E-state index contributed by atoms with van der Waals surface area (Å²) in [4.78, 5) is 0. The number of halogens is 2. The van der Waals surface area contributed by atoms with Gasteiger partial charge in [0.1, 0.15) is 5.82 Å². The fourth-order valence-electron chi connectivity index (χ4n) is 3.15. The molecule has 0 saturated heterocycles. The molecular formula is C16H22ClFO2. The summed E-state index contributed by atoms with van der Waals surface area (Å²) in [6, 6.07) is 4.67. The van der Waals surface area contributed by atoms with E-state index in [2.05, 4.69) is 0 Å². The maximum absolute atomic E-state index is 13.4. The van der Waals surface area contributed by atoms with Gasteiger partial charge in [-0.05, 0) is 36.5 Å². The molecular weight excluding hydrogens is 279 g/mol. The molecule has 112 valence electrons. The smallest absolute Gasteiger partial charge is 0.142 e. The summed E-state index contributed by atoms with van der Waals surface area (Å²) in [7, 11) is 1.64. The zero-order chi connectivity index (χ0) is 14.5. The number of hydrogen-bond acceptors (Lipinski definition) is 2. The maximum atomic E-state index is 13.4. The van der Waals surface area contributed by atoms with E-state index in [1.807, 2.05) is 0 Å². The summed E-state index contributed by atoms with van der Waals surface area (Å²) >= 11 is 5.67. The van der Waals surface area contributed by atoms with Crippen LogP contribution in [0.5, 0.6) is 0 Å². The van der Waals surface area contributed by atoms with Crippen molar-refractivity contribution in [2.45, 2.75) is 50.7 Å². The Morgan fingerprint density at radius 2 is 2.05 bits per heavy atom. The summed E-state index contributed by atoms with van der Waals surface area (Å²) in [5.41, 5.74) is 0.747. The average Bonchev–Trinajstić information content (AvgIpc) is 2.45. The third-order valence-corrected chi connectivity index (χ3v) is 4.50. The number of hydrogen-bond donors (Lipinski definition) is 1. The predicted octanol–water partition coefficient (Wildman–Crippen LogP) is 3.98. The second-order valence-corrected chi connectivity index (χ2v) is 6.03. The van der Waals surface area contributed by atoms with Gasteiger partial charge in [-0.25, -0.2) is 4.39 Å². The summed E-state index contributed by atoms with van der Waals surface area (Å²) < 4.78 is 18.9. The Morgan fingerprint density at radius 1 is 1.35 bits per heavy atom. The molecule has 20 heavy (non-hydrogen) atoms. The summed E-state index contributed by atoms with van der Waals surface area (Å²) in [5, 5.41) is 10.5. The topological polar surface area (TPSA) is 29.5 Å². The van der Waals surface area contributed by atoms with Crippen LogP contribution < -0.4 is 0 Å². The summed E-state index contributed by atoms with van der Waals surface area (Å²) in [5.74, 6) is -0.0381. The van der Waals surface area contributed by atoms with Crippen LogP contribution in [0.1, 0.15) is 37.7 Å². The molecule has 0 aromatic heterocycles. The lowest BCUT2D eigenvalue weighted by Crippen LogP contribution is -2.37. The molecule has 1 N–H and O–H groups in total. The SMILES string of the molecule is COC(C(O)Cc1ccc(Cl)c(F)c1)C1CCCCC1. The minimum Gasteiger partial charge on any atom is -0.390 e. The molecule has 0 radical (unpaired) electrons. The highest BCUT2D eigenvalue weighted by Gasteiger charge is 2.29. The zero-order valence-corrected chi connectivity index (χ0v) is 12.6. The first-order chi connectivity index (χ1) is 9.61. The highest BCUT2D eigenvalue weighted by atomic mass is 35.5. The fourth-order valence-corrected chi connectivity index (χ4v) is 3.27. The molecule has 1 aliphatic carbocycles. The van der Waals surface area contributed by atoms with Crippen molar-refractivity contribution in [3.05, 3.63) is 34.6 Å². The van der Waals surface area contributed by atoms with E-state index >= 15 is 0 Å². The summed E-state index contributed by atoms with van der Waals surface area (Å²) in [6.07, 6.45) is 5.49. The van der Waals surface area contributed by atoms with Crippen molar-refractivity contribution in [2.75, 3.05) is 7.11 Å². The van der Waals surface area contributed by atoms with Crippen LogP contribution in [-0.2, 0) is 11.2 Å². The molecule has 0 heterocycles. The third kappa shape index (κ3) is 3.94. The molecule has 1 fully saturated rings. The van der Waals surface area contributed by atoms with Crippen molar-refractivity contribution in [2.24, 2.45) is 5.92 Å². The normalized spacial score (nSPS) is 19.8. The zero-order valence-electron chi connectivity index (χ0n) is 11.8. The molecule has 1 aromatic rings. The van der Waals surface area contributed by atoms with Gasteiger partial charge in [0.25, 0.3) is 0 Å². The van der Waals surface area contributed by atoms with Crippen LogP contribution >= 0.6 is 11.6 Å². The van der Waals surface area contributed by atoms with Crippen molar-refractivity contribution in [3.8, 4) is 0 Å². The van der Waals surface area contributed by atoms with Gasteiger partial charge in [-0.15, -0.1) is 0 Å². The highest BCUT2D eigenvalue weighted by molar-refractivity contribution is 6.30. The Morgan fingerprint density at radius 3 is 2.65 bits per heavy atom. The first kappa shape index (κ1) is 15.7. The molecule has 2 rings (SSSR count). The van der Waals surface area contributed by atoms with Crippen molar-refractivity contribution < 1.29 is 14.2 Å². The van der Waals surface area contributed by atoms with E-state index in [0.717, 1.165) is 18.4 Å². The van der Waals surface area contributed by atoms with Gasteiger partial charge >= 0.3 is 0 Å². The van der Waals surface area contributed by atoms with Gasteiger partial charge in [-0.3, -0.25) is 0 Å². The van der Waals surface area contributed by atoms with E-state index in [4.69, 9.17) is 16.3 Å². The first-order valence-electron chi connectivity index (χ1n) is 7.26. The van der Waals surface area contributed by atoms with E-state index in [-0.39, 0.29) is 11.1 Å². The second-order valence-electron chi connectivity index (χ2n) is 5.62. The van der Waals surface area contributed by atoms with Crippen molar-refractivity contribution >= 4 is 11.6 Å². The standard InChI is InChI=1S/C16H22ClFO2/c1-20-16(12-5-3-2-4-6-12)15(19)10-11-7-8-13(17)14(18)9-11/h7-9,12,15-16,19H,2-6,10H2,1H3. The second kappa shape index (κ2) is 7.39. The molecule has 0 spiro atoms. The van der Waals surface area contributed by atoms with Gasteiger partial charge in [0, 0.05) is 13.5 Å². The molecule has 1 saturated carbocycles. The van der Waals surface area contributed by atoms with Gasteiger partial charge < -0.3 is 9.84 Å². The van der Waals surface area contributed by atoms with Crippen molar-refractivity contribution in [1.29, 1.82) is 0 Å². The van der Waals surface area contributed by atoms with Gasteiger partial charge in [0.15, 0.2) is 0 Å². The lowest BCUT2D eigenvalue weighted by Gasteiger charge is -2.32. The lowest BCUT2D eigenvalue weighted by atomic mass is 9.82.